The Balaban J connectivity index is 1.35. The van der Waals surface area contributed by atoms with Crippen LogP contribution in [0.4, 0.5) is 4.39 Å². The molecule has 0 bridgehead atoms. The first-order chi connectivity index (χ1) is 13.1. The zero-order valence-electron chi connectivity index (χ0n) is 14.9. The molecule has 0 radical (unpaired) electrons. The van der Waals surface area contributed by atoms with Gasteiger partial charge in [-0.1, -0.05) is 11.3 Å². The lowest BCUT2D eigenvalue weighted by atomic mass is 10.1. The third-order valence-corrected chi connectivity index (χ3v) is 5.57. The summed E-state index contributed by atoms with van der Waals surface area (Å²) in [6, 6.07) is 11.7. The summed E-state index contributed by atoms with van der Waals surface area (Å²) in [4.78, 5) is 18.9. The maximum absolute atomic E-state index is 13.3. The number of aromatic nitrogens is 1. The van der Waals surface area contributed by atoms with Crippen LogP contribution in [0.1, 0.15) is 23.2 Å². The van der Waals surface area contributed by atoms with Gasteiger partial charge < -0.3 is 14.4 Å². The van der Waals surface area contributed by atoms with Crippen molar-refractivity contribution in [3.8, 4) is 10.9 Å². The second-order valence-electron chi connectivity index (χ2n) is 6.43. The first-order valence-electron chi connectivity index (χ1n) is 8.78. The maximum atomic E-state index is 13.3. The standard InChI is InChI=1S/C20H19FN2O3S/c1-25-15-5-2-13(3-6-15)19(24)23-10-8-16(9-11-23)26-20-22-17-7-4-14(21)12-18(17)27-20/h2-7,12,16H,8-11H2,1H3. The number of benzene rings is 2. The summed E-state index contributed by atoms with van der Waals surface area (Å²) in [6.45, 7) is 1.27. The van der Waals surface area contributed by atoms with Crippen LogP contribution in [0.15, 0.2) is 42.5 Å². The third-order valence-electron chi connectivity index (χ3n) is 4.66. The Labute approximate surface area is 160 Å². The number of halogens is 1. The van der Waals surface area contributed by atoms with Crippen molar-refractivity contribution in [3.05, 3.63) is 53.8 Å². The topological polar surface area (TPSA) is 51.7 Å². The van der Waals surface area contributed by atoms with Crippen LogP contribution >= 0.6 is 11.3 Å². The molecule has 0 N–H and O–H groups in total. The van der Waals surface area contributed by atoms with E-state index in [1.165, 1.54) is 23.5 Å². The second-order valence-corrected chi connectivity index (χ2v) is 7.42. The predicted molar refractivity (Wildman–Crippen MR) is 102 cm³/mol. The number of carbonyl (C=O) groups is 1. The van der Waals surface area contributed by atoms with Gasteiger partial charge in [0, 0.05) is 31.5 Å². The number of fused-ring (bicyclic) bond motifs is 1. The van der Waals surface area contributed by atoms with Gasteiger partial charge in [-0.05, 0) is 42.5 Å². The lowest BCUT2D eigenvalue weighted by molar-refractivity contribution is 0.0595. The van der Waals surface area contributed by atoms with Crippen LogP contribution in [-0.2, 0) is 0 Å². The quantitative estimate of drug-likeness (QED) is 0.677. The highest BCUT2D eigenvalue weighted by molar-refractivity contribution is 7.20. The molecule has 1 aliphatic heterocycles. The molecule has 5 nitrogen and oxygen atoms in total. The number of nitrogens with zero attached hydrogens (tertiary/aromatic N) is 2. The highest BCUT2D eigenvalue weighted by Gasteiger charge is 2.25. The molecule has 1 fully saturated rings. The zero-order valence-corrected chi connectivity index (χ0v) is 15.7. The Morgan fingerprint density at radius 1 is 1.19 bits per heavy atom. The number of likely N-dealkylation sites (tertiary alicyclic amines) is 1. The van der Waals surface area contributed by atoms with Crippen LogP contribution in [-0.4, -0.2) is 42.1 Å². The lowest BCUT2D eigenvalue weighted by Gasteiger charge is -2.31. The van der Waals surface area contributed by atoms with Crippen molar-refractivity contribution in [2.45, 2.75) is 18.9 Å². The molecule has 1 aromatic heterocycles. The minimum Gasteiger partial charge on any atom is -0.497 e. The van der Waals surface area contributed by atoms with Gasteiger partial charge in [0.15, 0.2) is 0 Å². The zero-order chi connectivity index (χ0) is 18.8. The van der Waals surface area contributed by atoms with Gasteiger partial charge in [0.05, 0.1) is 17.3 Å². The van der Waals surface area contributed by atoms with Gasteiger partial charge in [0.2, 0.25) is 0 Å². The highest BCUT2D eigenvalue weighted by Crippen LogP contribution is 2.30. The number of amides is 1. The normalized spacial score (nSPS) is 15.1. The SMILES string of the molecule is COc1ccc(C(=O)N2CCC(Oc3nc4ccc(F)cc4s3)CC2)cc1. The van der Waals surface area contributed by atoms with Gasteiger partial charge in [-0.2, -0.15) is 0 Å². The van der Waals surface area contributed by atoms with Crippen LogP contribution in [0, 0.1) is 5.82 Å². The van der Waals surface area contributed by atoms with Crippen LogP contribution < -0.4 is 9.47 Å². The molecule has 0 spiro atoms. The Morgan fingerprint density at radius 3 is 2.63 bits per heavy atom. The fourth-order valence-corrected chi connectivity index (χ4v) is 4.07. The van der Waals surface area contributed by atoms with E-state index in [-0.39, 0.29) is 17.8 Å². The molecule has 1 saturated heterocycles. The number of hydrogen-bond donors (Lipinski definition) is 0. The smallest absolute Gasteiger partial charge is 0.274 e. The molecule has 0 unspecified atom stereocenters. The summed E-state index contributed by atoms with van der Waals surface area (Å²) in [5.74, 6) is 0.476. The van der Waals surface area contributed by atoms with Crippen molar-refractivity contribution in [1.82, 2.24) is 9.88 Å². The van der Waals surface area contributed by atoms with E-state index in [1.54, 1.807) is 37.4 Å². The van der Waals surface area contributed by atoms with E-state index in [0.29, 0.717) is 23.8 Å². The Kier molecular flexibility index (Phi) is 4.94. The highest BCUT2D eigenvalue weighted by atomic mass is 32.1. The average Bonchev–Trinajstić information content (AvgIpc) is 3.09. The molecular weight excluding hydrogens is 367 g/mol. The molecule has 0 atom stereocenters. The van der Waals surface area contributed by atoms with E-state index < -0.39 is 0 Å². The number of methoxy groups -OCH3 is 1. The molecule has 140 valence electrons. The summed E-state index contributed by atoms with van der Waals surface area (Å²) >= 11 is 1.35. The van der Waals surface area contributed by atoms with Crippen LogP contribution in [0.25, 0.3) is 10.2 Å². The molecule has 3 aromatic rings. The first kappa shape index (κ1) is 17.7. The average molecular weight is 386 g/mol. The largest absolute Gasteiger partial charge is 0.497 e. The van der Waals surface area contributed by atoms with Crippen molar-refractivity contribution in [1.29, 1.82) is 0 Å². The van der Waals surface area contributed by atoms with Crippen molar-refractivity contribution in [2.75, 3.05) is 20.2 Å². The maximum Gasteiger partial charge on any atom is 0.274 e. The Morgan fingerprint density at radius 2 is 1.93 bits per heavy atom. The predicted octanol–water partition coefficient (Wildman–Crippen LogP) is 4.13. The minimum atomic E-state index is -0.275. The molecular formula is C20H19FN2O3S. The molecule has 2 heterocycles. The van der Waals surface area contributed by atoms with E-state index in [1.807, 2.05) is 4.90 Å². The van der Waals surface area contributed by atoms with E-state index in [0.717, 1.165) is 28.8 Å². The number of hydrogen-bond acceptors (Lipinski definition) is 5. The first-order valence-corrected chi connectivity index (χ1v) is 9.60. The third kappa shape index (κ3) is 3.88. The number of thiazole rings is 1. The van der Waals surface area contributed by atoms with Crippen molar-refractivity contribution < 1.29 is 18.7 Å². The number of carbonyl (C=O) groups excluding carboxylic acids is 1. The summed E-state index contributed by atoms with van der Waals surface area (Å²) < 4.78 is 25.2. The van der Waals surface area contributed by atoms with Crippen LogP contribution in [0.3, 0.4) is 0 Å². The molecule has 4 rings (SSSR count). The van der Waals surface area contributed by atoms with Crippen LogP contribution in [0.2, 0.25) is 0 Å². The Hall–Kier alpha value is -2.67. The van der Waals surface area contributed by atoms with Gasteiger partial charge in [-0.3, -0.25) is 4.79 Å². The summed E-state index contributed by atoms with van der Waals surface area (Å²) in [7, 11) is 1.60. The monoisotopic (exact) mass is 386 g/mol. The molecule has 2 aromatic carbocycles. The summed E-state index contributed by atoms with van der Waals surface area (Å²) in [5, 5.41) is 0.551. The molecule has 27 heavy (non-hydrogen) atoms. The molecule has 1 amide bonds. The fourth-order valence-electron chi connectivity index (χ4n) is 3.16. The van der Waals surface area contributed by atoms with Crippen LogP contribution in [0.5, 0.6) is 10.9 Å². The Bertz CT molecular complexity index is 950. The lowest BCUT2D eigenvalue weighted by Crippen LogP contribution is -2.41. The van der Waals surface area contributed by atoms with Crippen molar-refractivity contribution in [2.24, 2.45) is 0 Å². The van der Waals surface area contributed by atoms with Gasteiger partial charge in [-0.25, -0.2) is 9.37 Å². The van der Waals surface area contributed by atoms with E-state index in [9.17, 15) is 9.18 Å². The summed E-state index contributed by atoms with van der Waals surface area (Å²) in [6.07, 6.45) is 1.49. The van der Waals surface area contributed by atoms with Gasteiger partial charge >= 0.3 is 0 Å². The van der Waals surface area contributed by atoms with Gasteiger partial charge in [-0.15, -0.1) is 0 Å². The fraction of sp³-hybridized carbons (Fsp3) is 0.300. The van der Waals surface area contributed by atoms with Crippen molar-refractivity contribution >= 4 is 27.5 Å². The van der Waals surface area contributed by atoms with Crippen molar-refractivity contribution in [3.63, 3.8) is 0 Å². The molecule has 0 saturated carbocycles. The van der Waals surface area contributed by atoms with E-state index in [4.69, 9.17) is 9.47 Å². The second kappa shape index (κ2) is 7.52. The minimum absolute atomic E-state index is 0.00956. The molecule has 0 aliphatic carbocycles. The number of piperidine rings is 1. The summed E-state index contributed by atoms with van der Waals surface area (Å²) in [5.41, 5.74) is 1.40. The van der Waals surface area contributed by atoms with Gasteiger partial charge in [0.1, 0.15) is 17.7 Å². The number of ether oxygens (including phenoxy) is 2. The number of rotatable bonds is 4. The van der Waals surface area contributed by atoms with Gasteiger partial charge in [0.25, 0.3) is 11.1 Å². The molecule has 1 aliphatic rings. The molecule has 7 heteroatoms. The van der Waals surface area contributed by atoms with E-state index >= 15 is 0 Å². The van der Waals surface area contributed by atoms with E-state index in [2.05, 4.69) is 4.98 Å².